The summed E-state index contributed by atoms with van der Waals surface area (Å²) >= 11 is 5.97. The Kier molecular flexibility index (Phi) is 4.18. The maximum atomic E-state index is 12.1. The van der Waals surface area contributed by atoms with Gasteiger partial charge in [-0.05, 0) is 6.07 Å². The summed E-state index contributed by atoms with van der Waals surface area (Å²) in [4.78, 5) is 15.9. The first-order chi connectivity index (χ1) is 10.1. The largest absolute Gasteiger partial charge is 0.368 e. The smallest absolute Gasteiger partial charge is 0.295 e. The van der Waals surface area contributed by atoms with Gasteiger partial charge in [-0.25, -0.2) is 5.84 Å². The lowest BCUT2D eigenvalue weighted by Crippen LogP contribution is -2.27. The minimum atomic E-state index is -0.735. The van der Waals surface area contributed by atoms with Gasteiger partial charge in [-0.15, -0.1) is 0 Å². The minimum Gasteiger partial charge on any atom is -0.368 e. The van der Waals surface area contributed by atoms with E-state index in [0.717, 1.165) is 4.68 Å². The molecule has 0 aliphatic rings. The summed E-state index contributed by atoms with van der Waals surface area (Å²) in [6.45, 7) is 0. The number of aromatic nitrogens is 2. The Morgan fingerprint density at radius 2 is 2.19 bits per heavy atom. The Morgan fingerprint density at radius 1 is 1.48 bits per heavy atom. The van der Waals surface area contributed by atoms with Crippen LogP contribution >= 0.6 is 11.6 Å². The molecule has 9 heteroatoms. The third-order valence-electron chi connectivity index (χ3n) is 2.55. The van der Waals surface area contributed by atoms with Crippen LogP contribution in [0.15, 0.2) is 34.2 Å². The molecule has 0 aliphatic carbocycles. The van der Waals surface area contributed by atoms with E-state index in [4.69, 9.17) is 28.4 Å². The summed E-state index contributed by atoms with van der Waals surface area (Å²) in [5, 5.41) is 13.3. The molecule has 1 aromatic heterocycles. The average Bonchev–Trinajstić information content (AvgIpc) is 2.48. The van der Waals surface area contributed by atoms with Gasteiger partial charge < -0.3 is 11.2 Å². The normalized spacial score (nSPS) is 10.5. The Labute approximate surface area is 124 Å². The van der Waals surface area contributed by atoms with Crippen LogP contribution in [0.2, 0.25) is 5.02 Å². The number of nitriles is 1. The first-order valence-electron chi connectivity index (χ1n) is 5.66. The predicted molar refractivity (Wildman–Crippen MR) is 79.9 cm³/mol. The van der Waals surface area contributed by atoms with Crippen LogP contribution < -0.4 is 22.6 Å². The zero-order chi connectivity index (χ0) is 15.4. The van der Waals surface area contributed by atoms with E-state index in [0.29, 0.717) is 10.6 Å². The number of hydrogen-bond acceptors (Lipinski definition) is 7. The van der Waals surface area contributed by atoms with Gasteiger partial charge in [0.2, 0.25) is 5.95 Å². The number of nitrogens with two attached hydrogens (primary N) is 2. The van der Waals surface area contributed by atoms with Crippen molar-refractivity contribution in [3.8, 4) is 6.07 Å². The maximum absolute atomic E-state index is 12.1. The van der Waals surface area contributed by atoms with Crippen LogP contribution in [0.5, 0.6) is 0 Å². The van der Waals surface area contributed by atoms with E-state index >= 15 is 0 Å². The van der Waals surface area contributed by atoms with Crippen molar-refractivity contribution in [3.05, 3.63) is 50.8 Å². The van der Waals surface area contributed by atoms with Crippen molar-refractivity contribution in [3.63, 3.8) is 0 Å². The van der Waals surface area contributed by atoms with Crippen molar-refractivity contribution < 1.29 is 0 Å². The molecule has 0 atom stereocenters. The Hall–Kier alpha value is -2.89. The lowest BCUT2D eigenvalue weighted by atomic mass is 10.2. The zero-order valence-electron chi connectivity index (χ0n) is 10.6. The van der Waals surface area contributed by atoms with Gasteiger partial charge in [0.1, 0.15) is 6.07 Å². The molecule has 8 nitrogen and oxygen atoms in total. The standard InChI is InChI=1S/C12H10ClN7O/c13-9-4-2-1-3-7(9)6-17-20-11(21)8(5-14)10(19-16)18-12(20)15/h1-4,6,19H,16H2,(H2,15,18)/b17-6+. The molecule has 21 heavy (non-hydrogen) atoms. The SMILES string of the molecule is N#Cc1c(NN)nc(N)n(/N=C/c2ccccc2Cl)c1=O. The van der Waals surface area contributed by atoms with Gasteiger partial charge in [-0.3, -0.25) is 4.79 Å². The van der Waals surface area contributed by atoms with E-state index in [1.807, 2.05) is 0 Å². The molecular formula is C12H10ClN7O. The number of rotatable bonds is 3. The van der Waals surface area contributed by atoms with E-state index in [9.17, 15) is 4.79 Å². The summed E-state index contributed by atoms with van der Waals surface area (Å²) in [5.41, 5.74) is 7.33. The number of nitrogen functional groups attached to an aromatic ring is 2. The van der Waals surface area contributed by atoms with Gasteiger partial charge in [-0.2, -0.15) is 20.0 Å². The van der Waals surface area contributed by atoms with Gasteiger partial charge in [-0.1, -0.05) is 29.8 Å². The monoisotopic (exact) mass is 303 g/mol. The third-order valence-corrected chi connectivity index (χ3v) is 2.90. The van der Waals surface area contributed by atoms with E-state index in [2.05, 4.69) is 15.5 Å². The second-order valence-corrected chi connectivity index (χ2v) is 4.24. The molecule has 1 heterocycles. The van der Waals surface area contributed by atoms with Crippen LogP contribution in [0.4, 0.5) is 11.8 Å². The van der Waals surface area contributed by atoms with Crippen molar-refractivity contribution in [1.82, 2.24) is 9.66 Å². The number of nitrogens with zero attached hydrogens (tertiary/aromatic N) is 4. The van der Waals surface area contributed by atoms with E-state index < -0.39 is 5.56 Å². The minimum absolute atomic E-state index is 0.107. The molecular weight excluding hydrogens is 294 g/mol. The van der Waals surface area contributed by atoms with Crippen LogP contribution in [0, 0.1) is 11.3 Å². The fourth-order valence-corrected chi connectivity index (χ4v) is 1.73. The molecule has 0 spiro atoms. The molecule has 0 saturated carbocycles. The Morgan fingerprint density at radius 3 is 2.81 bits per heavy atom. The van der Waals surface area contributed by atoms with Crippen molar-refractivity contribution in [2.24, 2.45) is 10.9 Å². The molecule has 0 fully saturated rings. The van der Waals surface area contributed by atoms with Gasteiger partial charge in [0.05, 0.1) is 6.21 Å². The zero-order valence-corrected chi connectivity index (χ0v) is 11.4. The number of nitrogens with one attached hydrogen (secondary N) is 1. The Balaban J connectivity index is 2.54. The number of hydrazine groups is 1. The van der Waals surface area contributed by atoms with E-state index in [1.165, 1.54) is 6.21 Å². The maximum Gasteiger partial charge on any atom is 0.295 e. The van der Waals surface area contributed by atoms with Crippen LogP contribution in [0.25, 0.3) is 0 Å². The second-order valence-electron chi connectivity index (χ2n) is 3.83. The number of hydrogen-bond donors (Lipinski definition) is 3. The van der Waals surface area contributed by atoms with Gasteiger partial charge in [0.25, 0.3) is 5.56 Å². The quantitative estimate of drug-likeness (QED) is 0.429. The van der Waals surface area contributed by atoms with Crippen molar-refractivity contribution in [2.45, 2.75) is 0 Å². The average molecular weight is 304 g/mol. The van der Waals surface area contributed by atoms with E-state index in [1.54, 1.807) is 30.3 Å². The summed E-state index contributed by atoms with van der Waals surface area (Å²) in [6.07, 6.45) is 1.35. The Bertz CT molecular complexity index is 806. The molecule has 1 aromatic carbocycles. The van der Waals surface area contributed by atoms with Crippen LogP contribution in [0.1, 0.15) is 11.1 Å². The fourth-order valence-electron chi connectivity index (χ4n) is 1.55. The summed E-state index contributed by atoms with van der Waals surface area (Å²) in [6, 6.07) is 8.61. The van der Waals surface area contributed by atoms with Crippen LogP contribution in [-0.2, 0) is 0 Å². The lowest BCUT2D eigenvalue weighted by molar-refractivity contribution is 0.814. The molecule has 2 rings (SSSR count). The third kappa shape index (κ3) is 2.84. The molecule has 0 unspecified atom stereocenters. The molecule has 0 amide bonds. The van der Waals surface area contributed by atoms with Crippen molar-refractivity contribution in [1.29, 1.82) is 5.26 Å². The highest BCUT2D eigenvalue weighted by Crippen LogP contribution is 2.13. The lowest BCUT2D eigenvalue weighted by Gasteiger charge is -2.06. The molecule has 106 valence electrons. The highest BCUT2D eigenvalue weighted by Gasteiger charge is 2.13. The molecule has 0 aliphatic heterocycles. The molecule has 2 aromatic rings. The molecule has 5 N–H and O–H groups in total. The van der Waals surface area contributed by atoms with Crippen LogP contribution in [0.3, 0.4) is 0 Å². The summed E-state index contributed by atoms with van der Waals surface area (Å²) < 4.78 is 0.794. The molecule has 0 bridgehead atoms. The molecule has 0 saturated heterocycles. The van der Waals surface area contributed by atoms with Crippen molar-refractivity contribution in [2.75, 3.05) is 11.2 Å². The van der Waals surface area contributed by atoms with Crippen molar-refractivity contribution >= 4 is 29.6 Å². The highest BCUT2D eigenvalue weighted by molar-refractivity contribution is 6.33. The predicted octanol–water partition coefficient (Wildman–Crippen LogP) is 0.518. The first kappa shape index (κ1) is 14.5. The topological polar surface area (TPSA) is 135 Å². The second kappa shape index (κ2) is 6.04. The number of halogens is 1. The summed E-state index contributed by atoms with van der Waals surface area (Å²) in [7, 11) is 0. The highest BCUT2D eigenvalue weighted by atomic mass is 35.5. The fraction of sp³-hybridized carbons (Fsp3) is 0. The number of benzene rings is 1. The molecule has 0 radical (unpaired) electrons. The van der Waals surface area contributed by atoms with Gasteiger partial charge in [0, 0.05) is 10.6 Å². The van der Waals surface area contributed by atoms with E-state index in [-0.39, 0.29) is 17.3 Å². The van der Waals surface area contributed by atoms with Crippen LogP contribution in [-0.4, -0.2) is 15.9 Å². The number of anilines is 2. The van der Waals surface area contributed by atoms with Gasteiger partial charge in [0.15, 0.2) is 11.4 Å². The first-order valence-corrected chi connectivity index (χ1v) is 6.04. The van der Waals surface area contributed by atoms with Gasteiger partial charge >= 0.3 is 0 Å². The summed E-state index contributed by atoms with van der Waals surface area (Å²) in [5.74, 6) is 4.86.